The van der Waals surface area contributed by atoms with E-state index in [0.29, 0.717) is 17.2 Å². The Labute approximate surface area is 152 Å². The third-order valence-corrected chi connectivity index (χ3v) is 4.48. The molecule has 0 saturated heterocycles. The van der Waals surface area contributed by atoms with Gasteiger partial charge in [0.1, 0.15) is 5.56 Å². The predicted molar refractivity (Wildman–Crippen MR) is 100 cm³/mol. The number of nitro groups is 1. The fourth-order valence-electron chi connectivity index (χ4n) is 2.97. The molecule has 0 fully saturated rings. The fraction of sp³-hybridized carbons (Fsp3) is 0.0556. The molecule has 0 radical (unpaired) electrons. The van der Waals surface area contributed by atoms with Crippen molar-refractivity contribution in [2.45, 2.75) is 6.92 Å². The van der Waals surface area contributed by atoms with E-state index >= 15 is 0 Å². The summed E-state index contributed by atoms with van der Waals surface area (Å²) in [6.45, 7) is 5.60. The molecule has 2 aromatic heterocycles. The highest BCUT2D eigenvalue weighted by atomic mass is 35.5. The van der Waals surface area contributed by atoms with Gasteiger partial charge in [0.15, 0.2) is 11.5 Å². The van der Waals surface area contributed by atoms with Gasteiger partial charge in [-0.3, -0.25) is 14.5 Å². The molecule has 128 valence electrons. The van der Waals surface area contributed by atoms with E-state index in [-0.39, 0.29) is 16.3 Å². The van der Waals surface area contributed by atoms with Crippen LogP contribution in [0.25, 0.3) is 34.1 Å². The summed E-state index contributed by atoms with van der Waals surface area (Å²) in [6, 6.07) is 10.2. The summed E-state index contributed by atoms with van der Waals surface area (Å²) in [7, 11) is 0. The second kappa shape index (κ2) is 5.89. The average Bonchev–Trinajstić information content (AvgIpc) is 3.07. The van der Waals surface area contributed by atoms with Gasteiger partial charge in [-0.15, -0.1) is 10.2 Å². The molecule has 2 heterocycles. The number of fused-ring (bicyclic) bond motifs is 3. The SMILES string of the molecule is C=Cc1ccc2nc(C)c3nnc(-c4c(Cl)cccc4[N+](=O)[O-])n3c2c1. The molecule has 0 spiro atoms. The number of nitro benzene ring substituents is 1. The molecule has 0 amide bonds. The molecular weight excluding hydrogens is 354 g/mol. The summed E-state index contributed by atoms with van der Waals surface area (Å²) in [5.74, 6) is 0.300. The minimum atomic E-state index is -0.478. The van der Waals surface area contributed by atoms with Crippen LogP contribution < -0.4 is 0 Å². The van der Waals surface area contributed by atoms with Crippen molar-refractivity contribution >= 4 is 40.0 Å². The fourth-order valence-corrected chi connectivity index (χ4v) is 3.22. The predicted octanol–water partition coefficient (Wildman–Crippen LogP) is 4.46. The molecular formula is C18H12ClN5O2. The second-order valence-corrected chi connectivity index (χ2v) is 6.13. The second-order valence-electron chi connectivity index (χ2n) is 5.72. The number of rotatable bonds is 3. The summed E-state index contributed by atoms with van der Waals surface area (Å²) in [5.41, 5.74) is 3.60. The first-order valence-electron chi connectivity index (χ1n) is 7.72. The Hall–Kier alpha value is -3.32. The van der Waals surface area contributed by atoms with Crippen molar-refractivity contribution in [1.29, 1.82) is 0 Å². The highest BCUT2D eigenvalue weighted by Gasteiger charge is 2.24. The van der Waals surface area contributed by atoms with Gasteiger partial charge in [-0.05, 0) is 30.7 Å². The first-order valence-corrected chi connectivity index (χ1v) is 8.10. The molecule has 0 atom stereocenters. The Kier molecular flexibility index (Phi) is 3.66. The Bertz CT molecular complexity index is 1220. The highest BCUT2D eigenvalue weighted by molar-refractivity contribution is 6.33. The highest BCUT2D eigenvalue weighted by Crippen LogP contribution is 2.36. The van der Waals surface area contributed by atoms with Gasteiger partial charge >= 0.3 is 0 Å². The van der Waals surface area contributed by atoms with Crippen LogP contribution in [0.4, 0.5) is 5.69 Å². The van der Waals surface area contributed by atoms with E-state index in [1.165, 1.54) is 12.1 Å². The Morgan fingerprint density at radius 1 is 1.27 bits per heavy atom. The van der Waals surface area contributed by atoms with Gasteiger partial charge in [0.2, 0.25) is 0 Å². The van der Waals surface area contributed by atoms with Crippen LogP contribution in [0.5, 0.6) is 0 Å². The Morgan fingerprint density at radius 2 is 2.08 bits per heavy atom. The lowest BCUT2D eigenvalue weighted by molar-refractivity contribution is -0.384. The van der Waals surface area contributed by atoms with Gasteiger partial charge in [0, 0.05) is 6.07 Å². The van der Waals surface area contributed by atoms with Gasteiger partial charge < -0.3 is 0 Å². The number of hydrogen-bond acceptors (Lipinski definition) is 5. The molecule has 4 aromatic rings. The maximum atomic E-state index is 11.5. The third-order valence-electron chi connectivity index (χ3n) is 4.16. The number of hydrogen-bond donors (Lipinski definition) is 0. The van der Waals surface area contributed by atoms with Crippen LogP contribution in [-0.4, -0.2) is 24.5 Å². The van der Waals surface area contributed by atoms with Crippen LogP contribution in [0.3, 0.4) is 0 Å². The number of halogens is 1. The lowest BCUT2D eigenvalue weighted by Crippen LogP contribution is -2.00. The zero-order valence-electron chi connectivity index (χ0n) is 13.7. The lowest BCUT2D eigenvalue weighted by atomic mass is 10.1. The topological polar surface area (TPSA) is 86.2 Å². The van der Waals surface area contributed by atoms with Gasteiger partial charge in [0.05, 0.1) is 26.7 Å². The molecule has 0 saturated carbocycles. The molecule has 0 unspecified atom stereocenters. The maximum Gasteiger partial charge on any atom is 0.281 e. The number of benzene rings is 2. The van der Waals surface area contributed by atoms with E-state index in [9.17, 15) is 10.1 Å². The van der Waals surface area contributed by atoms with Crippen molar-refractivity contribution in [3.05, 3.63) is 69.4 Å². The molecule has 2 aromatic carbocycles. The zero-order chi connectivity index (χ0) is 18.4. The van der Waals surface area contributed by atoms with Crippen LogP contribution in [-0.2, 0) is 0 Å². The minimum absolute atomic E-state index is 0.130. The van der Waals surface area contributed by atoms with Crippen molar-refractivity contribution in [3.8, 4) is 11.4 Å². The van der Waals surface area contributed by atoms with E-state index in [0.717, 1.165) is 16.6 Å². The largest absolute Gasteiger partial charge is 0.281 e. The molecule has 0 aliphatic heterocycles. The van der Waals surface area contributed by atoms with Crippen LogP contribution in [0.2, 0.25) is 5.02 Å². The molecule has 4 rings (SSSR count). The Balaban J connectivity index is 2.20. The molecule has 7 nitrogen and oxygen atoms in total. The monoisotopic (exact) mass is 365 g/mol. The van der Waals surface area contributed by atoms with Crippen LogP contribution >= 0.6 is 11.6 Å². The maximum absolute atomic E-state index is 11.5. The van der Waals surface area contributed by atoms with E-state index in [4.69, 9.17) is 11.6 Å². The summed E-state index contributed by atoms with van der Waals surface area (Å²) in [4.78, 5) is 15.6. The van der Waals surface area contributed by atoms with E-state index in [2.05, 4.69) is 21.8 Å². The molecule has 0 bridgehead atoms. The molecule has 0 aliphatic carbocycles. The average molecular weight is 366 g/mol. The minimum Gasteiger partial charge on any atom is -0.271 e. The lowest BCUT2D eigenvalue weighted by Gasteiger charge is -2.09. The van der Waals surface area contributed by atoms with Crippen LogP contribution in [0.1, 0.15) is 11.3 Å². The summed E-state index contributed by atoms with van der Waals surface area (Å²) >= 11 is 6.30. The normalized spacial score (nSPS) is 11.2. The van der Waals surface area contributed by atoms with Crippen LogP contribution in [0.15, 0.2) is 43.0 Å². The van der Waals surface area contributed by atoms with Gasteiger partial charge in [-0.2, -0.15) is 0 Å². The van der Waals surface area contributed by atoms with Crippen molar-refractivity contribution in [3.63, 3.8) is 0 Å². The Morgan fingerprint density at radius 3 is 2.81 bits per heavy atom. The van der Waals surface area contributed by atoms with Crippen LogP contribution in [0, 0.1) is 17.0 Å². The van der Waals surface area contributed by atoms with Crippen molar-refractivity contribution in [2.75, 3.05) is 0 Å². The summed E-state index contributed by atoms with van der Waals surface area (Å²) < 4.78 is 1.75. The van der Waals surface area contributed by atoms with Gasteiger partial charge in [-0.25, -0.2) is 4.98 Å². The van der Waals surface area contributed by atoms with Gasteiger partial charge in [-0.1, -0.05) is 36.4 Å². The molecule has 0 N–H and O–H groups in total. The summed E-state index contributed by atoms with van der Waals surface area (Å²) in [5, 5.41) is 20.1. The summed E-state index contributed by atoms with van der Waals surface area (Å²) in [6.07, 6.45) is 1.72. The quantitative estimate of drug-likeness (QED) is 0.395. The van der Waals surface area contributed by atoms with E-state index in [1.807, 2.05) is 25.1 Å². The molecule has 26 heavy (non-hydrogen) atoms. The standard InChI is InChI=1S/C18H12ClN5O2/c1-3-11-7-8-13-15(9-11)23-17(10(2)20-13)21-22-18(23)16-12(19)5-4-6-14(16)24(25)26/h3-9H,1H2,2H3. The molecule has 0 aliphatic rings. The number of aromatic nitrogens is 4. The number of aryl methyl sites for hydroxylation is 1. The number of nitrogens with zero attached hydrogens (tertiary/aromatic N) is 5. The smallest absolute Gasteiger partial charge is 0.271 e. The van der Waals surface area contributed by atoms with E-state index in [1.54, 1.807) is 16.5 Å². The van der Waals surface area contributed by atoms with Crippen molar-refractivity contribution < 1.29 is 4.92 Å². The first kappa shape index (κ1) is 16.2. The first-order chi connectivity index (χ1) is 12.5. The van der Waals surface area contributed by atoms with Crippen molar-refractivity contribution in [1.82, 2.24) is 19.6 Å². The van der Waals surface area contributed by atoms with Gasteiger partial charge in [0.25, 0.3) is 5.69 Å². The third kappa shape index (κ3) is 2.33. The molecule has 8 heteroatoms. The van der Waals surface area contributed by atoms with Crippen molar-refractivity contribution in [2.24, 2.45) is 0 Å². The van der Waals surface area contributed by atoms with E-state index < -0.39 is 4.92 Å². The zero-order valence-corrected chi connectivity index (χ0v) is 14.4.